The van der Waals surface area contributed by atoms with E-state index in [0.717, 1.165) is 37.9 Å². The van der Waals surface area contributed by atoms with Crippen LogP contribution in [0.5, 0.6) is 0 Å². The first-order valence-electron chi connectivity index (χ1n) is 9.41. The summed E-state index contributed by atoms with van der Waals surface area (Å²) >= 11 is 1.63. The van der Waals surface area contributed by atoms with Crippen molar-refractivity contribution in [3.63, 3.8) is 0 Å². The van der Waals surface area contributed by atoms with E-state index in [1.807, 2.05) is 24.3 Å². The molecule has 1 aromatic heterocycles. The highest BCUT2D eigenvalue weighted by Crippen LogP contribution is 2.33. The van der Waals surface area contributed by atoms with Crippen LogP contribution in [0, 0.1) is 0 Å². The topological polar surface area (TPSA) is 90.9 Å². The van der Waals surface area contributed by atoms with Gasteiger partial charge in [-0.25, -0.2) is 14.7 Å². The van der Waals surface area contributed by atoms with E-state index in [0.29, 0.717) is 13.1 Å². The van der Waals surface area contributed by atoms with Crippen molar-refractivity contribution in [3.8, 4) is 0 Å². The molecule has 2 fully saturated rings. The standard InChI is InChI=1S/C20H20N4O4S/c1-2-9-23-18(26)19(27)24(20(23)28)12-16(25)22-10-5-6-13(11-22)17-21-14-7-3-4-8-15(14)29-17/h2-4,7-8,13H,1,5-6,9-12H2/t13-/m0/s1. The molecule has 0 N–H and O–H groups in total. The highest BCUT2D eigenvalue weighted by atomic mass is 32.1. The van der Waals surface area contributed by atoms with Crippen LogP contribution in [0.15, 0.2) is 36.9 Å². The minimum absolute atomic E-state index is 0.0580. The zero-order valence-corrected chi connectivity index (χ0v) is 16.6. The minimum Gasteiger partial charge on any atom is -0.340 e. The highest BCUT2D eigenvalue weighted by molar-refractivity contribution is 7.18. The maximum atomic E-state index is 12.8. The predicted molar refractivity (Wildman–Crippen MR) is 107 cm³/mol. The van der Waals surface area contributed by atoms with Crippen molar-refractivity contribution in [2.75, 3.05) is 26.2 Å². The summed E-state index contributed by atoms with van der Waals surface area (Å²) in [6, 6.07) is 7.15. The van der Waals surface area contributed by atoms with Gasteiger partial charge in [0.2, 0.25) is 5.91 Å². The summed E-state index contributed by atoms with van der Waals surface area (Å²) in [6.07, 6.45) is 3.11. The molecule has 0 spiro atoms. The number of aromatic nitrogens is 1. The molecule has 0 unspecified atom stereocenters. The Morgan fingerprint density at radius 3 is 2.72 bits per heavy atom. The number of nitrogens with zero attached hydrogens (tertiary/aromatic N) is 4. The Hall–Kier alpha value is -3.07. The van der Waals surface area contributed by atoms with Crippen LogP contribution in [0.25, 0.3) is 10.2 Å². The van der Waals surface area contributed by atoms with Gasteiger partial charge in [-0.2, -0.15) is 0 Å². The molecular weight excluding hydrogens is 392 g/mol. The smallest absolute Gasteiger partial charge is 0.335 e. The Morgan fingerprint density at radius 2 is 1.97 bits per heavy atom. The van der Waals surface area contributed by atoms with Crippen LogP contribution in [-0.4, -0.2) is 69.6 Å². The van der Waals surface area contributed by atoms with E-state index in [1.165, 1.54) is 6.08 Å². The number of urea groups is 1. The SMILES string of the molecule is C=CCN1C(=O)C(=O)N(CC(=O)N2CCC[C@H](c3nc4ccccc4s3)C2)C1=O. The molecule has 5 amide bonds. The molecule has 0 bridgehead atoms. The zero-order valence-electron chi connectivity index (χ0n) is 15.7. The molecule has 9 heteroatoms. The van der Waals surface area contributed by atoms with Crippen LogP contribution < -0.4 is 0 Å². The molecule has 3 heterocycles. The van der Waals surface area contributed by atoms with Gasteiger partial charge in [0.1, 0.15) is 6.54 Å². The van der Waals surface area contributed by atoms with E-state index < -0.39 is 24.4 Å². The normalized spacial score (nSPS) is 20.1. The number of amides is 5. The largest absolute Gasteiger partial charge is 0.340 e. The summed E-state index contributed by atoms with van der Waals surface area (Å²) in [5.74, 6) is -2.11. The van der Waals surface area contributed by atoms with Gasteiger partial charge in [0, 0.05) is 25.6 Å². The van der Waals surface area contributed by atoms with E-state index in [-0.39, 0.29) is 18.4 Å². The van der Waals surface area contributed by atoms with E-state index in [9.17, 15) is 19.2 Å². The molecule has 1 aromatic carbocycles. The number of piperidine rings is 1. The number of thiazole rings is 1. The number of likely N-dealkylation sites (tertiary alicyclic amines) is 1. The van der Waals surface area contributed by atoms with Gasteiger partial charge in [-0.3, -0.25) is 19.3 Å². The molecule has 1 atom stereocenters. The molecule has 2 aliphatic heterocycles. The van der Waals surface area contributed by atoms with E-state index in [2.05, 4.69) is 6.58 Å². The number of carbonyl (C=O) groups is 4. The predicted octanol–water partition coefficient (Wildman–Crippen LogP) is 1.98. The van der Waals surface area contributed by atoms with Gasteiger partial charge < -0.3 is 4.90 Å². The zero-order chi connectivity index (χ0) is 20.5. The molecular formula is C20H20N4O4S. The van der Waals surface area contributed by atoms with E-state index in [1.54, 1.807) is 16.2 Å². The summed E-state index contributed by atoms with van der Waals surface area (Å²) in [7, 11) is 0. The second-order valence-electron chi connectivity index (χ2n) is 7.08. The maximum Gasteiger partial charge on any atom is 0.335 e. The monoisotopic (exact) mass is 412 g/mol. The van der Waals surface area contributed by atoms with E-state index >= 15 is 0 Å². The number of carbonyl (C=O) groups excluding carboxylic acids is 4. The van der Waals surface area contributed by atoms with Crippen molar-refractivity contribution >= 4 is 45.3 Å². The van der Waals surface area contributed by atoms with Gasteiger partial charge in [-0.05, 0) is 25.0 Å². The van der Waals surface area contributed by atoms with Crippen molar-refractivity contribution in [2.24, 2.45) is 0 Å². The molecule has 2 aromatic rings. The number of hydrogen-bond acceptors (Lipinski definition) is 6. The lowest BCUT2D eigenvalue weighted by molar-refractivity contribution is -0.145. The lowest BCUT2D eigenvalue weighted by Crippen LogP contribution is -2.46. The van der Waals surface area contributed by atoms with Crippen LogP contribution in [0.3, 0.4) is 0 Å². The molecule has 29 heavy (non-hydrogen) atoms. The van der Waals surface area contributed by atoms with Crippen molar-refractivity contribution in [3.05, 3.63) is 41.9 Å². The first-order valence-corrected chi connectivity index (χ1v) is 10.2. The second-order valence-corrected chi connectivity index (χ2v) is 8.14. The number of hydrogen-bond donors (Lipinski definition) is 0. The van der Waals surface area contributed by atoms with Crippen LogP contribution in [0.4, 0.5) is 4.79 Å². The first-order chi connectivity index (χ1) is 14.0. The summed E-state index contributed by atoms with van der Waals surface area (Å²) in [5, 5.41) is 0.990. The number of imide groups is 2. The number of fused-ring (bicyclic) bond motifs is 1. The van der Waals surface area contributed by atoms with Crippen LogP contribution >= 0.6 is 11.3 Å². The van der Waals surface area contributed by atoms with Gasteiger partial charge in [-0.1, -0.05) is 18.2 Å². The molecule has 2 saturated heterocycles. The fourth-order valence-electron chi connectivity index (χ4n) is 3.69. The average Bonchev–Trinajstić information content (AvgIpc) is 3.25. The van der Waals surface area contributed by atoms with E-state index in [4.69, 9.17) is 4.98 Å². The van der Waals surface area contributed by atoms with Gasteiger partial charge in [0.15, 0.2) is 0 Å². The molecule has 0 radical (unpaired) electrons. The van der Waals surface area contributed by atoms with Gasteiger partial charge >= 0.3 is 17.8 Å². The fourth-order valence-corrected chi connectivity index (χ4v) is 4.78. The van der Waals surface area contributed by atoms with Crippen molar-refractivity contribution in [2.45, 2.75) is 18.8 Å². The highest BCUT2D eigenvalue weighted by Gasteiger charge is 2.45. The third kappa shape index (κ3) is 3.53. The minimum atomic E-state index is -0.968. The quantitative estimate of drug-likeness (QED) is 0.425. The molecule has 2 aliphatic rings. The Kier molecular flexibility index (Phi) is 5.14. The van der Waals surface area contributed by atoms with Crippen LogP contribution in [-0.2, 0) is 14.4 Å². The van der Waals surface area contributed by atoms with Crippen LogP contribution in [0.1, 0.15) is 23.8 Å². The summed E-state index contributed by atoms with van der Waals surface area (Å²) in [5.41, 5.74) is 0.949. The Bertz CT molecular complexity index is 984. The van der Waals surface area contributed by atoms with Crippen LogP contribution in [0.2, 0.25) is 0 Å². The first kappa shape index (κ1) is 19.3. The van der Waals surface area contributed by atoms with Crippen molar-refractivity contribution in [1.82, 2.24) is 19.7 Å². The Labute approximate surface area is 171 Å². The third-order valence-corrected chi connectivity index (χ3v) is 6.37. The number of rotatable bonds is 5. The molecule has 0 aliphatic carbocycles. The lowest BCUT2D eigenvalue weighted by atomic mass is 9.98. The van der Waals surface area contributed by atoms with Gasteiger partial charge in [0.25, 0.3) is 0 Å². The third-order valence-electron chi connectivity index (χ3n) is 5.17. The summed E-state index contributed by atoms with van der Waals surface area (Å²) < 4.78 is 1.11. The molecule has 8 nitrogen and oxygen atoms in total. The van der Waals surface area contributed by atoms with Crippen molar-refractivity contribution in [1.29, 1.82) is 0 Å². The maximum absolute atomic E-state index is 12.8. The molecule has 4 rings (SSSR count). The lowest BCUT2D eigenvalue weighted by Gasteiger charge is -2.32. The number of benzene rings is 1. The Morgan fingerprint density at radius 1 is 1.21 bits per heavy atom. The molecule has 0 saturated carbocycles. The van der Waals surface area contributed by atoms with Crippen molar-refractivity contribution < 1.29 is 19.2 Å². The summed E-state index contributed by atoms with van der Waals surface area (Å²) in [4.78, 5) is 57.0. The second kappa shape index (κ2) is 7.75. The summed E-state index contributed by atoms with van der Waals surface area (Å²) in [6.45, 7) is 4.03. The number of para-hydroxylation sites is 1. The van der Waals surface area contributed by atoms with Gasteiger partial charge in [0.05, 0.1) is 15.2 Å². The molecule has 150 valence electrons. The average molecular weight is 412 g/mol. The van der Waals surface area contributed by atoms with Gasteiger partial charge in [-0.15, -0.1) is 17.9 Å². The Balaban J connectivity index is 1.45. The fraction of sp³-hybridized carbons (Fsp3) is 0.350.